The number of aromatic nitrogens is 1. The van der Waals surface area contributed by atoms with E-state index in [1.165, 1.54) is 105 Å². The molecule has 1 heteroatoms. The first-order valence-electron chi connectivity index (χ1n) is 22.5. The van der Waals surface area contributed by atoms with Crippen LogP contribution >= 0.6 is 0 Å². The Morgan fingerprint density at radius 1 is 0.297 bits per heavy atom. The molecule has 10 aromatic carbocycles. The summed E-state index contributed by atoms with van der Waals surface area (Å²) in [6.45, 7) is 0. The molecule has 1 aliphatic rings. The van der Waals surface area contributed by atoms with Gasteiger partial charge in [0.25, 0.3) is 0 Å². The number of benzene rings is 10. The Labute approximate surface area is 375 Å². The molecule has 64 heavy (non-hydrogen) atoms. The molecule has 0 amide bonds. The predicted molar refractivity (Wildman–Crippen MR) is 270 cm³/mol. The molecule has 0 radical (unpaired) electrons. The van der Waals surface area contributed by atoms with Gasteiger partial charge >= 0.3 is 0 Å². The zero-order chi connectivity index (χ0) is 42.4. The monoisotopic (exact) mass is 815 g/mol. The van der Waals surface area contributed by atoms with Crippen LogP contribution in [-0.2, 0) is 6.42 Å². The highest BCUT2D eigenvalue weighted by atomic mass is 15.0. The minimum atomic E-state index is 0.423. The maximum absolute atomic E-state index is 2.39. The topological polar surface area (TPSA) is 4.93 Å². The van der Waals surface area contributed by atoms with E-state index in [9.17, 15) is 0 Å². The Morgan fingerprint density at radius 3 is 1.12 bits per heavy atom. The molecule has 0 unspecified atom stereocenters. The van der Waals surface area contributed by atoms with Crippen LogP contribution in [0, 0.1) is 0 Å². The first-order valence-corrected chi connectivity index (χ1v) is 22.5. The average molecular weight is 816 g/mol. The van der Waals surface area contributed by atoms with E-state index in [1.54, 1.807) is 0 Å². The van der Waals surface area contributed by atoms with E-state index in [1.807, 2.05) is 0 Å². The Balaban J connectivity index is 0.912. The molecular weight excluding hydrogens is 771 g/mol. The quantitative estimate of drug-likeness (QED) is 0.137. The number of para-hydroxylation sites is 2. The lowest BCUT2D eigenvalue weighted by Gasteiger charge is -2.16. The third kappa shape index (κ3) is 6.83. The van der Waals surface area contributed by atoms with Crippen molar-refractivity contribution >= 4 is 21.8 Å². The van der Waals surface area contributed by atoms with Gasteiger partial charge in [-0.2, -0.15) is 0 Å². The average Bonchev–Trinajstić information content (AvgIpc) is 3.89. The van der Waals surface area contributed by atoms with Gasteiger partial charge < -0.3 is 4.57 Å². The smallest absolute Gasteiger partial charge is 0.0541 e. The second kappa shape index (κ2) is 16.0. The van der Waals surface area contributed by atoms with E-state index in [0.717, 1.165) is 18.5 Å². The molecule has 1 heterocycles. The predicted octanol–water partition coefficient (Wildman–Crippen LogP) is 16.9. The van der Waals surface area contributed by atoms with Crippen molar-refractivity contribution in [3.8, 4) is 72.4 Å². The first-order chi connectivity index (χ1) is 31.7. The molecule has 0 saturated carbocycles. The number of nitrogens with zero attached hydrogens (tertiary/aromatic N) is 1. The largest absolute Gasteiger partial charge is 0.309 e. The Bertz CT molecular complexity index is 3370. The number of hydrogen-bond acceptors (Lipinski definition) is 0. The highest BCUT2D eigenvalue weighted by Gasteiger charge is 2.27. The fraction of sp³-hybridized carbons (Fsp3) is 0.0476. The van der Waals surface area contributed by atoms with E-state index in [0.29, 0.717) is 5.92 Å². The molecule has 1 nitrogen and oxygen atoms in total. The lowest BCUT2D eigenvalue weighted by atomic mass is 9.89. The minimum absolute atomic E-state index is 0.423. The maximum Gasteiger partial charge on any atom is 0.0541 e. The van der Waals surface area contributed by atoms with Crippen LogP contribution in [-0.4, -0.2) is 4.57 Å². The van der Waals surface area contributed by atoms with Crippen LogP contribution in [0.25, 0.3) is 94.3 Å². The van der Waals surface area contributed by atoms with Crippen molar-refractivity contribution in [3.63, 3.8) is 0 Å². The van der Waals surface area contributed by atoms with Crippen molar-refractivity contribution in [2.75, 3.05) is 0 Å². The molecule has 0 fully saturated rings. The summed E-state index contributed by atoms with van der Waals surface area (Å²) in [5.74, 6) is 0.423. The van der Waals surface area contributed by atoms with E-state index in [2.05, 4.69) is 247 Å². The van der Waals surface area contributed by atoms with Crippen molar-refractivity contribution in [1.82, 2.24) is 4.57 Å². The zero-order valence-corrected chi connectivity index (χ0v) is 35.5. The Kier molecular flexibility index (Phi) is 9.46. The van der Waals surface area contributed by atoms with Gasteiger partial charge in [0.05, 0.1) is 11.0 Å². The SMILES string of the molecule is c1ccc(-c2cc(-c3ccc(CCC4c5ccccc5-c5ccccc54)cc3)cc(-c3cc(-c4ccccc4)cc(-c4ccc(-n5c6ccccc6c6ccccc65)cc4)c3)c2)cc1. The number of rotatable bonds is 9. The summed E-state index contributed by atoms with van der Waals surface area (Å²) in [6.07, 6.45) is 2.11. The van der Waals surface area contributed by atoms with Crippen LogP contribution in [0.15, 0.2) is 243 Å². The first kappa shape index (κ1) is 37.7. The number of fused-ring (bicyclic) bond motifs is 6. The summed E-state index contributed by atoms with van der Waals surface area (Å²) in [4.78, 5) is 0. The van der Waals surface area contributed by atoms with E-state index in [-0.39, 0.29) is 0 Å². The van der Waals surface area contributed by atoms with Gasteiger partial charge in [-0.1, -0.05) is 182 Å². The Hall–Kier alpha value is -8.00. The van der Waals surface area contributed by atoms with Crippen LogP contribution in [0.1, 0.15) is 29.0 Å². The van der Waals surface area contributed by atoms with Crippen molar-refractivity contribution in [3.05, 3.63) is 259 Å². The number of aryl methyl sites for hydroxylation is 1. The van der Waals surface area contributed by atoms with E-state index in [4.69, 9.17) is 0 Å². The fourth-order valence-electron chi connectivity index (χ4n) is 10.3. The lowest BCUT2D eigenvalue weighted by molar-refractivity contribution is 0.729. The van der Waals surface area contributed by atoms with Gasteiger partial charge in [-0.05, 0) is 157 Å². The molecule has 12 rings (SSSR count). The van der Waals surface area contributed by atoms with Gasteiger partial charge in [-0.3, -0.25) is 0 Å². The molecule has 0 saturated heterocycles. The molecular formula is C63H45N. The van der Waals surface area contributed by atoms with Crippen molar-refractivity contribution < 1.29 is 0 Å². The van der Waals surface area contributed by atoms with Crippen LogP contribution < -0.4 is 0 Å². The molecule has 302 valence electrons. The third-order valence-corrected chi connectivity index (χ3v) is 13.4. The standard InChI is InChI=1S/C63H45N/c1-3-15-44(16-4-1)48-37-50(46-30-27-43(28-31-46)29-36-59-57-21-9-7-19-55(57)56-20-8-10-22-58(56)59)41-52(39-48)53-40-49(45-17-5-2-6-18-45)38-51(42-53)47-32-34-54(35-33-47)64-62-25-13-11-23-60(62)61-24-12-14-26-63(61)64/h1-28,30-35,37-42,59H,29,36H2. The van der Waals surface area contributed by atoms with E-state index >= 15 is 0 Å². The molecule has 11 aromatic rings. The van der Waals surface area contributed by atoms with Crippen molar-refractivity contribution in [2.24, 2.45) is 0 Å². The van der Waals surface area contributed by atoms with Gasteiger partial charge in [-0.25, -0.2) is 0 Å². The lowest BCUT2D eigenvalue weighted by Crippen LogP contribution is -1.99. The number of hydrogen-bond donors (Lipinski definition) is 0. The van der Waals surface area contributed by atoms with Gasteiger partial charge in [0.2, 0.25) is 0 Å². The second-order valence-corrected chi connectivity index (χ2v) is 17.2. The van der Waals surface area contributed by atoms with Crippen LogP contribution in [0.3, 0.4) is 0 Å². The van der Waals surface area contributed by atoms with Crippen molar-refractivity contribution in [1.29, 1.82) is 0 Å². The zero-order valence-electron chi connectivity index (χ0n) is 35.5. The van der Waals surface area contributed by atoms with Crippen LogP contribution in [0.4, 0.5) is 0 Å². The molecule has 1 aromatic heterocycles. The molecule has 1 aliphatic carbocycles. The Morgan fingerprint density at radius 2 is 0.656 bits per heavy atom. The molecule has 0 aliphatic heterocycles. The minimum Gasteiger partial charge on any atom is -0.309 e. The van der Waals surface area contributed by atoms with Gasteiger partial charge in [0, 0.05) is 22.4 Å². The van der Waals surface area contributed by atoms with Crippen LogP contribution in [0.5, 0.6) is 0 Å². The van der Waals surface area contributed by atoms with Crippen molar-refractivity contribution in [2.45, 2.75) is 18.8 Å². The summed E-state index contributed by atoms with van der Waals surface area (Å²) >= 11 is 0. The highest BCUT2D eigenvalue weighted by Crippen LogP contribution is 2.47. The molecule has 0 atom stereocenters. The summed E-state index contributed by atoms with van der Waals surface area (Å²) < 4.78 is 2.39. The molecule has 0 N–H and O–H groups in total. The van der Waals surface area contributed by atoms with Gasteiger partial charge in [-0.15, -0.1) is 0 Å². The third-order valence-electron chi connectivity index (χ3n) is 13.4. The fourth-order valence-corrected chi connectivity index (χ4v) is 10.3. The normalized spacial score (nSPS) is 12.1. The summed E-state index contributed by atoms with van der Waals surface area (Å²) in [5.41, 5.74) is 22.7. The summed E-state index contributed by atoms with van der Waals surface area (Å²) in [5, 5.41) is 2.54. The molecule has 0 bridgehead atoms. The summed E-state index contributed by atoms with van der Waals surface area (Å²) in [7, 11) is 0. The maximum atomic E-state index is 2.39. The van der Waals surface area contributed by atoms with Gasteiger partial charge in [0.1, 0.15) is 0 Å². The molecule has 0 spiro atoms. The highest BCUT2D eigenvalue weighted by molar-refractivity contribution is 6.09. The second-order valence-electron chi connectivity index (χ2n) is 17.2. The van der Waals surface area contributed by atoms with Crippen LogP contribution in [0.2, 0.25) is 0 Å². The van der Waals surface area contributed by atoms with E-state index < -0.39 is 0 Å². The van der Waals surface area contributed by atoms with Gasteiger partial charge in [0.15, 0.2) is 0 Å². The summed E-state index contributed by atoms with van der Waals surface area (Å²) in [6, 6.07) is 89.5.